The van der Waals surface area contributed by atoms with Crippen LogP contribution in [-0.4, -0.2) is 38.2 Å². The summed E-state index contributed by atoms with van der Waals surface area (Å²) >= 11 is 0. The molecule has 1 rings (SSSR count). The Balaban J connectivity index is 2.43. The molecule has 7 nitrogen and oxygen atoms in total. The van der Waals surface area contributed by atoms with Crippen LogP contribution in [0, 0.1) is 0 Å². The van der Waals surface area contributed by atoms with Gasteiger partial charge in [-0.3, -0.25) is 4.79 Å². The van der Waals surface area contributed by atoms with Gasteiger partial charge in [0.25, 0.3) is 5.91 Å². The van der Waals surface area contributed by atoms with Gasteiger partial charge < -0.3 is 15.6 Å². The second-order valence-electron chi connectivity index (χ2n) is 4.63. The van der Waals surface area contributed by atoms with Crippen LogP contribution in [0.5, 0.6) is 0 Å². The van der Waals surface area contributed by atoms with Crippen molar-refractivity contribution in [1.82, 2.24) is 14.6 Å². The van der Waals surface area contributed by atoms with Gasteiger partial charge in [-0.05, 0) is 18.9 Å². The van der Waals surface area contributed by atoms with Crippen LogP contribution in [0.1, 0.15) is 30.3 Å². The van der Waals surface area contributed by atoms with E-state index in [1.165, 1.54) is 0 Å². The Kier molecular flexibility index (Phi) is 6.03. The third kappa shape index (κ3) is 5.62. The summed E-state index contributed by atoms with van der Waals surface area (Å²) in [6.45, 7) is 3.46. The molecule has 0 spiro atoms. The van der Waals surface area contributed by atoms with Gasteiger partial charge >= 0.3 is 0 Å². The molecule has 0 unspecified atom stereocenters. The molecule has 8 heteroatoms. The van der Waals surface area contributed by atoms with E-state index < -0.39 is 10.0 Å². The number of carbonyl (C=O) groups excluding carboxylic acids is 1. The van der Waals surface area contributed by atoms with Crippen molar-refractivity contribution < 1.29 is 13.2 Å². The Hall–Kier alpha value is -1.54. The SMILES string of the molecule is CCCn1cc(N)cc1C(=O)NCCCNS(C)(=O)=O. The van der Waals surface area contributed by atoms with Crippen molar-refractivity contribution in [3.63, 3.8) is 0 Å². The van der Waals surface area contributed by atoms with Gasteiger partial charge in [0.2, 0.25) is 10.0 Å². The van der Waals surface area contributed by atoms with E-state index in [-0.39, 0.29) is 5.91 Å². The number of aromatic nitrogens is 1. The fourth-order valence-electron chi connectivity index (χ4n) is 1.79. The molecule has 0 aliphatic carbocycles. The predicted molar refractivity (Wildman–Crippen MR) is 78.9 cm³/mol. The van der Waals surface area contributed by atoms with E-state index in [1.807, 2.05) is 11.5 Å². The molecular formula is C12H22N4O3S. The van der Waals surface area contributed by atoms with E-state index in [0.717, 1.165) is 19.2 Å². The number of anilines is 1. The smallest absolute Gasteiger partial charge is 0.267 e. The maximum Gasteiger partial charge on any atom is 0.267 e. The molecule has 0 aromatic carbocycles. The van der Waals surface area contributed by atoms with Crippen molar-refractivity contribution in [2.75, 3.05) is 25.1 Å². The first-order chi connectivity index (χ1) is 9.33. The molecule has 0 saturated heterocycles. The van der Waals surface area contributed by atoms with Gasteiger partial charge in [0, 0.05) is 25.8 Å². The Morgan fingerprint density at radius 3 is 2.70 bits per heavy atom. The number of amides is 1. The average molecular weight is 302 g/mol. The summed E-state index contributed by atoms with van der Waals surface area (Å²) in [5.41, 5.74) is 6.78. The maximum absolute atomic E-state index is 12.0. The normalized spacial score (nSPS) is 11.5. The van der Waals surface area contributed by atoms with E-state index >= 15 is 0 Å². The summed E-state index contributed by atoms with van der Waals surface area (Å²) < 4.78 is 25.9. The highest BCUT2D eigenvalue weighted by atomic mass is 32.2. The number of carbonyl (C=O) groups is 1. The largest absolute Gasteiger partial charge is 0.397 e. The third-order valence-corrected chi connectivity index (χ3v) is 3.35. The summed E-state index contributed by atoms with van der Waals surface area (Å²) in [7, 11) is -3.17. The van der Waals surface area contributed by atoms with Crippen LogP contribution >= 0.6 is 0 Å². The number of sulfonamides is 1. The van der Waals surface area contributed by atoms with Crippen molar-refractivity contribution in [2.45, 2.75) is 26.3 Å². The molecule has 1 aromatic heterocycles. The molecule has 0 radical (unpaired) electrons. The van der Waals surface area contributed by atoms with Crippen molar-refractivity contribution in [2.24, 2.45) is 0 Å². The molecule has 0 saturated carbocycles. The fraction of sp³-hybridized carbons (Fsp3) is 0.583. The minimum Gasteiger partial charge on any atom is -0.397 e. The van der Waals surface area contributed by atoms with Crippen LogP contribution in [0.3, 0.4) is 0 Å². The highest BCUT2D eigenvalue weighted by molar-refractivity contribution is 7.88. The third-order valence-electron chi connectivity index (χ3n) is 2.62. The summed E-state index contributed by atoms with van der Waals surface area (Å²) in [4.78, 5) is 12.0. The Morgan fingerprint density at radius 2 is 2.10 bits per heavy atom. The average Bonchev–Trinajstić information content (AvgIpc) is 2.69. The van der Waals surface area contributed by atoms with Gasteiger partial charge in [-0.25, -0.2) is 13.1 Å². The fourth-order valence-corrected chi connectivity index (χ4v) is 2.30. The molecule has 114 valence electrons. The molecule has 0 bridgehead atoms. The monoisotopic (exact) mass is 302 g/mol. The maximum atomic E-state index is 12.0. The minimum atomic E-state index is -3.17. The van der Waals surface area contributed by atoms with Crippen LogP contribution in [0.2, 0.25) is 0 Å². The molecule has 4 N–H and O–H groups in total. The van der Waals surface area contributed by atoms with E-state index in [1.54, 1.807) is 12.3 Å². The lowest BCUT2D eigenvalue weighted by molar-refractivity contribution is 0.0944. The van der Waals surface area contributed by atoms with Gasteiger partial charge in [0.15, 0.2) is 0 Å². The number of hydrogen-bond acceptors (Lipinski definition) is 4. The van der Waals surface area contributed by atoms with Crippen LogP contribution in [0.4, 0.5) is 5.69 Å². The number of nitrogen functional groups attached to an aromatic ring is 1. The molecule has 1 aromatic rings. The lowest BCUT2D eigenvalue weighted by Crippen LogP contribution is -2.30. The van der Waals surface area contributed by atoms with Crippen molar-refractivity contribution in [3.05, 3.63) is 18.0 Å². The zero-order chi connectivity index (χ0) is 15.2. The van der Waals surface area contributed by atoms with E-state index in [9.17, 15) is 13.2 Å². The second kappa shape index (κ2) is 7.30. The standard InChI is InChI=1S/C12H22N4O3S/c1-3-7-16-9-10(13)8-11(16)12(17)14-5-4-6-15-20(2,18)19/h8-9,15H,3-7,13H2,1-2H3,(H,14,17). The van der Waals surface area contributed by atoms with Crippen molar-refractivity contribution in [1.29, 1.82) is 0 Å². The minimum absolute atomic E-state index is 0.200. The summed E-state index contributed by atoms with van der Waals surface area (Å²) in [5, 5.41) is 2.75. The van der Waals surface area contributed by atoms with Gasteiger partial charge in [-0.2, -0.15) is 0 Å². The van der Waals surface area contributed by atoms with Crippen molar-refractivity contribution in [3.8, 4) is 0 Å². The highest BCUT2D eigenvalue weighted by Gasteiger charge is 2.11. The summed E-state index contributed by atoms with van der Waals surface area (Å²) in [6, 6.07) is 1.64. The molecule has 20 heavy (non-hydrogen) atoms. The Labute approximate surface area is 119 Å². The number of nitrogens with two attached hydrogens (primary N) is 1. The summed E-state index contributed by atoms with van der Waals surface area (Å²) in [6.07, 6.45) is 4.28. The topological polar surface area (TPSA) is 106 Å². The first-order valence-corrected chi connectivity index (χ1v) is 8.41. The number of rotatable bonds is 8. The molecular weight excluding hydrogens is 280 g/mol. The first-order valence-electron chi connectivity index (χ1n) is 6.52. The van der Waals surface area contributed by atoms with Gasteiger partial charge in [0.1, 0.15) is 5.69 Å². The molecule has 1 amide bonds. The number of hydrogen-bond donors (Lipinski definition) is 3. The second-order valence-corrected chi connectivity index (χ2v) is 6.46. The van der Waals surface area contributed by atoms with Gasteiger partial charge in [0.05, 0.1) is 11.9 Å². The quantitative estimate of drug-likeness (QED) is 0.594. The van der Waals surface area contributed by atoms with Crippen LogP contribution in [-0.2, 0) is 16.6 Å². The van der Waals surface area contributed by atoms with E-state index in [0.29, 0.717) is 30.9 Å². The number of nitrogens with one attached hydrogen (secondary N) is 2. The summed E-state index contributed by atoms with van der Waals surface area (Å²) in [5.74, 6) is -0.200. The molecule has 0 aliphatic rings. The molecule has 0 aliphatic heterocycles. The Bertz CT molecular complexity index is 551. The van der Waals surface area contributed by atoms with Crippen molar-refractivity contribution >= 4 is 21.6 Å². The van der Waals surface area contributed by atoms with Crippen LogP contribution < -0.4 is 15.8 Å². The lowest BCUT2D eigenvalue weighted by Gasteiger charge is -2.08. The van der Waals surface area contributed by atoms with E-state index in [2.05, 4.69) is 10.0 Å². The van der Waals surface area contributed by atoms with E-state index in [4.69, 9.17) is 5.73 Å². The lowest BCUT2D eigenvalue weighted by atomic mass is 10.3. The molecule has 0 atom stereocenters. The number of aryl methyl sites for hydroxylation is 1. The zero-order valence-corrected chi connectivity index (χ0v) is 12.7. The Morgan fingerprint density at radius 1 is 1.40 bits per heavy atom. The van der Waals surface area contributed by atoms with Crippen LogP contribution in [0.25, 0.3) is 0 Å². The molecule has 0 fully saturated rings. The highest BCUT2D eigenvalue weighted by Crippen LogP contribution is 2.11. The van der Waals surface area contributed by atoms with Gasteiger partial charge in [-0.1, -0.05) is 6.92 Å². The van der Waals surface area contributed by atoms with Gasteiger partial charge in [-0.15, -0.1) is 0 Å². The first kappa shape index (κ1) is 16.5. The zero-order valence-electron chi connectivity index (χ0n) is 11.8. The predicted octanol–water partition coefficient (Wildman–Crippen LogP) is 0.149. The number of nitrogens with zero attached hydrogens (tertiary/aromatic N) is 1. The molecule has 1 heterocycles. The van der Waals surface area contributed by atoms with Crippen LogP contribution in [0.15, 0.2) is 12.3 Å².